The van der Waals surface area contributed by atoms with Gasteiger partial charge in [0, 0.05) is 12.2 Å². The van der Waals surface area contributed by atoms with Crippen LogP contribution in [0.25, 0.3) is 10.6 Å². The average molecular weight is 381 g/mol. The Hall–Kier alpha value is -3.13. The molecule has 27 heavy (non-hydrogen) atoms. The quantitative estimate of drug-likeness (QED) is 0.605. The maximum absolute atomic E-state index is 12.3. The largest absolute Gasteiger partial charge is 0.362 e. The summed E-state index contributed by atoms with van der Waals surface area (Å²) in [5, 5.41) is 8.79. The summed E-state index contributed by atoms with van der Waals surface area (Å²) >= 11 is 1.55. The second kappa shape index (κ2) is 7.63. The van der Waals surface area contributed by atoms with E-state index in [2.05, 4.69) is 27.1 Å². The molecule has 1 aliphatic rings. The molecule has 2 amide bonds. The van der Waals surface area contributed by atoms with Crippen molar-refractivity contribution in [2.24, 2.45) is 0 Å². The van der Waals surface area contributed by atoms with Crippen LogP contribution in [0.1, 0.15) is 22.5 Å². The molecule has 0 fully saturated rings. The molecule has 1 aromatic carbocycles. The van der Waals surface area contributed by atoms with Crippen LogP contribution in [0.5, 0.6) is 0 Å². The number of para-hydroxylation sites is 1. The number of aryl methyl sites for hydroxylation is 1. The topological polar surface area (TPSA) is 90.1 Å². The van der Waals surface area contributed by atoms with Gasteiger partial charge in [0.2, 0.25) is 0 Å². The number of carbonyl (C=O) groups is 2. The number of hydrogen-bond acceptors (Lipinski definition) is 5. The van der Waals surface area contributed by atoms with Crippen molar-refractivity contribution >= 4 is 28.8 Å². The number of aromatic amines is 1. The van der Waals surface area contributed by atoms with E-state index in [1.807, 2.05) is 40.6 Å². The molecule has 7 nitrogen and oxygen atoms in total. The molecule has 0 spiro atoms. The molecule has 8 heteroatoms. The van der Waals surface area contributed by atoms with Crippen molar-refractivity contribution in [3.8, 4) is 10.6 Å². The molecule has 4 rings (SSSR count). The highest BCUT2D eigenvalue weighted by Crippen LogP contribution is 2.26. The van der Waals surface area contributed by atoms with E-state index in [4.69, 9.17) is 0 Å². The Morgan fingerprint density at radius 3 is 2.93 bits per heavy atom. The number of hydrogen-bond donors (Lipinski definition) is 3. The van der Waals surface area contributed by atoms with Gasteiger partial charge in [-0.25, -0.2) is 0 Å². The molecule has 3 aromatic rings. The number of carbonyl (C=O) groups excluding carboxylic acids is 2. The molecular weight excluding hydrogens is 362 g/mol. The fourth-order valence-electron chi connectivity index (χ4n) is 3.18. The van der Waals surface area contributed by atoms with Crippen LogP contribution in [0.2, 0.25) is 0 Å². The minimum Gasteiger partial charge on any atom is -0.362 e. The fourth-order valence-corrected chi connectivity index (χ4v) is 3.87. The Morgan fingerprint density at radius 2 is 2.07 bits per heavy atom. The predicted octanol–water partition coefficient (Wildman–Crippen LogP) is 2.35. The Labute approximate surface area is 160 Å². The Bertz CT molecular complexity index is 951. The van der Waals surface area contributed by atoms with Crippen LogP contribution < -0.4 is 15.8 Å². The number of thiophene rings is 1. The first-order valence-electron chi connectivity index (χ1n) is 8.72. The van der Waals surface area contributed by atoms with Gasteiger partial charge in [-0.1, -0.05) is 24.3 Å². The monoisotopic (exact) mass is 381 g/mol. The molecule has 0 bridgehead atoms. The fraction of sp³-hybridized carbons (Fsp3) is 0.211. The van der Waals surface area contributed by atoms with E-state index in [9.17, 15) is 9.59 Å². The molecule has 0 aliphatic carbocycles. The highest BCUT2D eigenvalue weighted by atomic mass is 32.1. The first kappa shape index (κ1) is 17.3. The van der Waals surface area contributed by atoms with Crippen molar-refractivity contribution in [2.45, 2.75) is 12.8 Å². The lowest BCUT2D eigenvalue weighted by atomic mass is 10.0. The Morgan fingerprint density at radius 1 is 1.19 bits per heavy atom. The number of benzene rings is 1. The summed E-state index contributed by atoms with van der Waals surface area (Å²) in [4.78, 5) is 27.5. The van der Waals surface area contributed by atoms with Crippen LogP contribution in [0.4, 0.5) is 5.69 Å². The lowest BCUT2D eigenvalue weighted by Gasteiger charge is -2.30. The zero-order valence-electron chi connectivity index (χ0n) is 14.6. The second-order valence-electron chi connectivity index (χ2n) is 6.30. The summed E-state index contributed by atoms with van der Waals surface area (Å²) in [6.45, 7) is 1.01. The van der Waals surface area contributed by atoms with E-state index in [1.54, 1.807) is 17.4 Å². The number of anilines is 1. The normalized spacial score (nSPS) is 13.1. The van der Waals surface area contributed by atoms with E-state index < -0.39 is 5.91 Å². The van der Waals surface area contributed by atoms with Crippen LogP contribution in [0, 0.1) is 0 Å². The number of nitrogens with one attached hydrogen (secondary N) is 3. The summed E-state index contributed by atoms with van der Waals surface area (Å²) in [6, 6.07) is 13.6. The number of aromatic nitrogens is 2. The van der Waals surface area contributed by atoms with Crippen LogP contribution in [0.3, 0.4) is 0 Å². The zero-order valence-corrected chi connectivity index (χ0v) is 15.4. The number of H-pyrrole nitrogens is 1. The number of nitrogens with zero attached hydrogens (tertiary/aromatic N) is 2. The van der Waals surface area contributed by atoms with E-state index in [1.165, 1.54) is 5.56 Å². The molecule has 0 radical (unpaired) electrons. The van der Waals surface area contributed by atoms with Crippen molar-refractivity contribution in [2.75, 3.05) is 18.0 Å². The van der Waals surface area contributed by atoms with Gasteiger partial charge >= 0.3 is 0 Å². The van der Waals surface area contributed by atoms with Crippen molar-refractivity contribution in [3.05, 3.63) is 59.1 Å². The van der Waals surface area contributed by atoms with Gasteiger partial charge in [0.1, 0.15) is 0 Å². The third kappa shape index (κ3) is 3.85. The highest BCUT2D eigenvalue weighted by molar-refractivity contribution is 7.13. The van der Waals surface area contributed by atoms with Gasteiger partial charge in [0.15, 0.2) is 5.69 Å². The third-order valence-corrected chi connectivity index (χ3v) is 5.36. The Balaban J connectivity index is 1.33. The molecule has 0 atom stereocenters. The van der Waals surface area contributed by atoms with E-state index in [-0.39, 0.29) is 18.1 Å². The standard InChI is InChI=1S/C19H19N5O2S/c25-18(12-24-9-3-6-13-5-1-2-7-16(13)24)22-23-19(26)15-11-14(20-21-15)17-8-4-10-27-17/h1-2,4-5,7-8,10-11H,3,6,9,12H2,(H,20,21)(H,22,25)(H,23,26). The van der Waals surface area contributed by atoms with Crippen molar-refractivity contribution in [1.29, 1.82) is 0 Å². The van der Waals surface area contributed by atoms with Crippen molar-refractivity contribution in [1.82, 2.24) is 21.0 Å². The van der Waals surface area contributed by atoms with E-state index in [0.717, 1.165) is 35.6 Å². The molecule has 3 N–H and O–H groups in total. The average Bonchev–Trinajstić information content (AvgIpc) is 3.38. The molecule has 0 saturated carbocycles. The number of fused-ring (bicyclic) bond motifs is 1. The SMILES string of the molecule is O=C(CN1CCCc2ccccc21)NNC(=O)c1cc(-c2cccs2)[nH]n1. The first-order valence-corrected chi connectivity index (χ1v) is 9.60. The lowest BCUT2D eigenvalue weighted by Crippen LogP contribution is -2.47. The van der Waals surface area contributed by atoms with Crippen LogP contribution in [0.15, 0.2) is 47.8 Å². The minimum absolute atomic E-state index is 0.193. The summed E-state index contributed by atoms with van der Waals surface area (Å²) in [6.07, 6.45) is 2.03. The van der Waals surface area contributed by atoms with Crippen LogP contribution >= 0.6 is 11.3 Å². The van der Waals surface area contributed by atoms with Gasteiger partial charge in [-0.2, -0.15) is 5.10 Å². The zero-order chi connectivity index (χ0) is 18.6. The number of hydrazine groups is 1. The molecule has 0 saturated heterocycles. The number of amides is 2. The van der Waals surface area contributed by atoms with Gasteiger partial charge in [0.25, 0.3) is 11.8 Å². The Kier molecular flexibility index (Phi) is 4.88. The van der Waals surface area contributed by atoms with E-state index >= 15 is 0 Å². The van der Waals surface area contributed by atoms with Crippen LogP contribution in [-0.4, -0.2) is 35.1 Å². The van der Waals surface area contributed by atoms with Gasteiger partial charge in [-0.3, -0.25) is 25.5 Å². The van der Waals surface area contributed by atoms with Crippen LogP contribution in [-0.2, 0) is 11.2 Å². The summed E-state index contributed by atoms with van der Waals surface area (Å²) in [7, 11) is 0. The highest BCUT2D eigenvalue weighted by Gasteiger charge is 2.19. The first-order chi connectivity index (χ1) is 13.2. The molecule has 3 heterocycles. The summed E-state index contributed by atoms with van der Waals surface area (Å²) < 4.78 is 0. The molecular formula is C19H19N5O2S. The minimum atomic E-state index is -0.457. The van der Waals surface area contributed by atoms with Gasteiger partial charge in [0.05, 0.1) is 17.1 Å². The second-order valence-corrected chi connectivity index (χ2v) is 7.25. The van der Waals surface area contributed by atoms with Gasteiger partial charge in [-0.15, -0.1) is 11.3 Å². The summed E-state index contributed by atoms with van der Waals surface area (Å²) in [5.74, 6) is -0.726. The van der Waals surface area contributed by atoms with Gasteiger partial charge in [-0.05, 0) is 42.0 Å². The molecule has 0 unspecified atom stereocenters. The van der Waals surface area contributed by atoms with Gasteiger partial charge < -0.3 is 4.90 Å². The molecule has 2 aromatic heterocycles. The lowest BCUT2D eigenvalue weighted by molar-refractivity contribution is -0.120. The van der Waals surface area contributed by atoms with E-state index in [0.29, 0.717) is 0 Å². The maximum Gasteiger partial charge on any atom is 0.290 e. The molecule has 1 aliphatic heterocycles. The smallest absolute Gasteiger partial charge is 0.290 e. The predicted molar refractivity (Wildman–Crippen MR) is 104 cm³/mol. The molecule has 138 valence electrons. The van der Waals surface area contributed by atoms with Crippen molar-refractivity contribution in [3.63, 3.8) is 0 Å². The summed E-state index contributed by atoms with van der Waals surface area (Å²) in [5.41, 5.74) is 8.22. The number of rotatable bonds is 4. The van der Waals surface area contributed by atoms with Crippen molar-refractivity contribution < 1.29 is 9.59 Å². The maximum atomic E-state index is 12.3. The third-order valence-electron chi connectivity index (χ3n) is 4.45.